The van der Waals surface area contributed by atoms with Crippen LogP contribution in [0.1, 0.15) is 39.2 Å². The van der Waals surface area contributed by atoms with Gasteiger partial charge in [0.1, 0.15) is 10.7 Å². The van der Waals surface area contributed by atoms with E-state index in [0.29, 0.717) is 19.0 Å². The van der Waals surface area contributed by atoms with E-state index in [1.54, 1.807) is 17.1 Å². The van der Waals surface area contributed by atoms with Gasteiger partial charge >= 0.3 is 0 Å². The molecule has 4 heterocycles. The van der Waals surface area contributed by atoms with Crippen molar-refractivity contribution in [1.29, 1.82) is 0 Å². The molecule has 0 aliphatic carbocycles. The van der Waals surface area contributed by atoms with Crippen LogP contribution >= 0.6 is 0 Å². The van der Waals surface area contributed by atoms with Gasteiger partial charge in [0.05, 0.1) is 47.7 Å². The highest BCUT2D eigenvalue weighted by atomic mass is 32.2. The van der Waals surface area contributed by atoms with Crippen LogP contribution in [0.4, 0.5) is 0 Å². The number of thiol groups is 1. The lowest BCUT2D eigenvalue weighted by atomic mass is 10.1. The summed E-state index contributed by atoms with van der Waals surface area (Å²) < 4.78 is 27.1. The van der Waals surface area contributed by atoms with E-state index in [9.17, 15) is 8.42 Å². The maximum absolute atomic E-state index is 10.8. The van der Waals surface area contributed by atoms with Gasteiger partial charge in [0, 0.05) is 35.8 Å². The van der Waals surface area contributed by atoms with Gasteiger partial charge in [0.2, 0.25) is 0 Å². The fourth-order valence-electron chi connectivity index (χ4n) is 3.58. The average molecular weight is 428 g/mol. The van der Waals surface area contributed by atoms with E-state index < -0.39 is 10.7 Å². The van der Waals surface area contributed by atoms with Gasteiger partial charge in [-0.3, -0.25) is 9.36 Å². The topological polar surface area (TPSA) is 100.0 Å². The van der Waals surface area contributed by atoms with E-state index in [1.165, 1.54) is 0 Å². The van der Waals surface area contributed by atoms with Crippen LogP contribution in [0, 0.1) is 0 Å². The Bertz CT molecular complexity index is 1210. The van der Waals surface area contributed by atoms with Gasteiger partial charge in [0.15, 0.2) is 0 Å². The van der Waals surface area contributed by atoms with Gasteiger partial charge in [-0.05, 0) is 25.3 Å². The van der Waals surface area contributed by atoms with E-state index >= 15 is 0 Å². The molecule has 0 unspecified atom stereocenters. The second-order valence-corrected chi connectivity index (χ2v) is 8.33. The van der Waals surface area contributed by atoms with Crippen LogP contribution in [0.5, 0.6) is 0 Å². The minimum Gasteiger partial charge on any atom is -0.272 e. The quantitative estimate of drug-likeness (QED) is 0.412. The van der Waals surface area contributed by atoms with Crippen LogP contribution < -0.4 is 0 Å². The molecule has 0 aliphatic heterocycles. The van der Waals surface area contributed by atoms with Crippen LogP contribution in [0.15, 0.2) is 43.2 Å². The molecule has 30 heavy (non-hydrogen) atoms. The van der Waals surface area contributed by atoms with Gasteiger partial charge in [-0.15, -0.1) is 0 Å². The molecule has 0 aromatic carbocycles. The Kier molecular flexibility index (Phi) is 5.93. The number of hydrogen-bond donors (Lipinski definition) is 1. The lowest BCUT2D eigenvalue weighted by Gasteiger charge is -2.12. The molecule has 0 amide bonds. The van der Waals surface area contributed by atoms with Crippen molar-refractivity contribution >= 4 is 16.2 Å². The highest BCUT2D eigenvalue weighted by Gasteiger charge is 2.15. The smallest absolute Gasteiger partial charge is 0.140 e. The molecule has 0 saturated carbocycles. The second kappa shape index (κ2) is 8.78. The summed E-state index contributed by atoms with van der Waals surface area (Å²) in [6, 6.07) is 2.30. The first kappa shape index (κ1) is 20.3. The number of aromatic nitrogens is 7. The molecular formula is C20H25N7O2S. The first-order chi connectivity index (χ1) is 14.6. The molecule has 4 rings (SSSR count). The zero-order chi connectivity index (χ0) is 21.1. The van der Waals surface area contributed by atoms with E-state index in [-0.39, 0.29) is 5.75 Å². The molecule has 0 fully saturated rings. The zero-order valence-electron chi connectivity index (χ0n) is 17.0. The van der Waals surface area contributed by atoms with Crippen LogP contribution in [0.2, 0.25) is 0 Å². The lowest BCUT2D eigenvalue weighted by molar-refractivity contribution is 0.428. The van der Waals surface area contributed by atoms with E-state index in [2.05, 4.69) is 29.1 Å². The highest BCUT2D eigenvalue weighted by molar-refractivity contribution is 7.72. The van der Waals surface area contributed by atoms with Crippen LogP contribution in [0.3, 0.4) is 0 Å². The maximum atomic E-state index is 10.8. The normalized spacial score (nSPS) is 11.9. The Hall–Kier alpha value is -3.01. The van der Waals surface area contributed by atoms with Crippen molar-refractivity contribution in [2.24, 2.45) is 0 Å². The number of nitrogens with zero attached hydrogens (tertiary/aromatic N) is 7. The molecule has 0 bridgehead atoms. The van der Waals surface area contributed by atoms with Crippen molar-refractivity contribution in [2.75, 3.05) is 5.75 Å². The standard InChI is InChI=1S/C20H25N7O2S/c1-3-17(4-2)26-13-16(11-23-26)20-19-6-7-21-27(19)14-18(24-20)15-10-22-25(12-15)8-5-9-30(28)29/h6-7,10-14,17,30H,3-5,8-9H2,1-2H3. The summed E-state index contributed by atoms with van der Waals surface area (Å²) in [6.45, 7) is 4.87. The van der Waals surface area contributed by atoms with Gasteiger partial charge in [-0.2, -0.15) is 15.3 Å². The Balaban J connectivity index is 1.68. The third-order valence-electron chi connectivity index (χ3n) is 5.24. The van der Waals surface area contributed by atoms with Crippen LogP contribution in [-0.4, -0.2) is 48.3 Å². The number of aryl methyl sites for hydroxylation is 1. The third kappa shape index (κ3) is 4.13. The first-order valence-electron chi connectivity index (χ1n) is 10.1. The molecule has 0 saturated heterocycles. The molecule has 0 aliphatic rings. The summed E-state index contributed by atoms with van der Waals surface area (Å²) in [7, 11) is -2.36. The van der Waals surface area contributed by atoms with Crippen molar-refractivity contribution < 1.29 is 8.42 Å². The van der Waals surface area contributed by atoms with Gasteiger partial charge in [0.25, 0.3) is 0 Å². The summed E-state index contributed by atoms with van der Waals surface area (Å²) in [6.07, 6.45) is 13.7. The highest BCUT2D eigenvalue weighted by Crippen LogP contribution is 2.27. The van der Waals surface area contributed by atoms with Crippen LogP contribution in [-0.2, 0) is 17.2 Å². The Labute approximate surface area is 176 Å². The molecule has 158 valence electrons. The predicted molar refractivity (Wildman–Crippen MR) is 115 cm³/mol. The fourth-order valence-corrected chi connectivity index (χ4v) is 3.98. The van der Waals surface area contributed by atoms with Crippen molar-refractivity contribution in [3.63, 3.8) is 0 Å². The van der Waals surface area contributed by atoms with Crippen molar-refractivity contribution in [3.05, 3.63) is 43.2 Å². The third-order valence-corrected chi connectivity index (χ3v) is 5.92. The Morgan fingerprint density at radius 3 is 2.57 bits per heavy atom. The summed E-state index contributed by atoms with van der Waals surface area (Å²) in [4.78, 5) is 4.90. The Morgan fingerprint density at radius 1 is 1.00 bits per heavy atom. The molecule has 0 N–H and O–H groups in total. The molecular weight excluding hydrogens is 402 g/mol. The van der Waals surface area contributed by atoms with Crippen LogP contribution in [0.25, 0.3) is 28.0 Å². The zero-order valence-corrected chi connectivity index (χ0v) is 17.9. The fraction of sp³-hybridized carbons (Fsp3) is 0.400. The average Bonchev–Trinajstić information content (AvgIpc) is 3.48. The monoisotopic (exact) mass is 427 g/mol. The number of hydrogen-bond acceptors (Lipinski definition) is 6. The molecule has 4 aromatic heterocycles. The van der Waals surface area contributed by atoms with Crippen molar-refractivity contribution in [3.8, 4) is 22.5 Å². The molecule has 9 nitrogen and oxygen atoms in total. The van der Waals surface area contributed by atoms with E-state index in [1.807, 2.05) is 40.1 Å². The first-order valence-corrected chi connectivity index (χ1v) is 11.5. The van der Waals surface area contributed by atoms with Crippen molar-refractivity contribution in [1.82, 2.24) is 34.2 Å². The predicted octanol–water partition coefficient (Wildman–Crippen LogP) is 2.82. The molecule has 0 radical (unpaired) electrons. The largest absolute Gasteiger partial charge is 0.272 e. The summed E-state index contributed by atoms with van der Waals surface area (Å²) >= 11 is 0. The number of rotatable bonds is 9. The minimum atomic E-state index is -2.36. The summed E-state index contributed by atoms with van der Waals surface area (Å²) in [5.41, 5.74) is 4.28. The van der Waals surface area contributed by atoms with Gasteiger partial charge < -0.3 is 0 Å². The second-order valence-electron chi connectivity index (χ2n) is 7.22. The molecule has 10 heteroatoms. The SMILES string of the molecule is CCC(CC)n1cc(-c2nc(-c3cnn(CCC[SH](=O)=O)c3)cn3nccc23)cn1. The van der Waals surface area contributed by atoms with E-state index in [0.717, 1.165) is 40.9 Å². The molecule has 0 spiro atoms. The lowest BCUT2D eigenvalue weighted by Crippen LogP contribution is -2.06. The summed E-state index contributed by atoms with van der Waals surface area (Å²) in [5, 5.41) is 13.3. The van der Waals surface area contributed by atoms with E-state index in [4.69, 9.17) is 4.98 Å². The Morgan fingerprint density at radius 2 is 1.80 bits per heavy atom. The number of fused-ring (bicyclic) bond motifs is 1. The minimum absolute atomic E-state index is 0.159. The molecule has 0 atom stereocenters. The van der Waals surface area contributed by atoms with Gasteiger partial charge in [-0.1, -0.05) is 13.8 Å². The van der Waals surface area contributed by atoms with Gasteiger partial charge in [-0.25, -0.2) is 17.9 Å². The summed E-state index contributed by atoms with van der Waals surface area (Å²) in [5.74, 6) is 0.159. The molecule has 4 aromatic rings. The maximum Gasteiger partial charge on any atom is 0.140 e. The van der Waals surface area contributed by atoms with Crippen molar-refractivity contribution in [2.45, 2.75) is 45.7 Å².